The molecule has 2 bridgehead atoms. The molecule has 1 spiro atoms. The van der Waals surface area contributed by atoms with E-state index in [1.165, 1.54) is 31.2 Å². The highest BCUT2D eigenvalue weighted by Gasteiger charge is 2.73. The van der Waals surface area contributed by atoms with Crippen LogP contribution < -0.4 is 9.47 Å². The molecule has 2 aromatic rings. The number of halogens is 3. The van der Waals surface area contributed by atoms with Crippen LogP contribution in [0.3, 0.4) is 0 Å². The topological polar surface area (TPSA) is 79.3 Å². The minimum atomic E-state index is -4.44. The summed E-state index contributed by atoms with van der Waals surface area (Å²) in [4.78, 5) is 29.2. The van der Waals surface area contributed by atoms with Crippen molar-refractivity contribution in [3.8, 4) is 11.5 Å². The molecule has 42 heavy (non-hydrogen) atoms. The van der Waals surface area contributed by atoms with Crippen LogP contribution in [-0.4, -0.2) is 70.7 Å². The van der Waals surface area contributed by atoms with Gasteiger partial charge in [0.05, 0.1) is 22.6 Å². The number of amides is 1. The fraction of sp³-hybridized carbons (Fsp3) is 0.438. The summed E-state index contributed by atoms with van der Waals surface area (Å²) in [7, 11) is 1.68. The fourth-order valence-electron chi connectivity index (χ4n) is 7.84. The summed E-state index contributed by atoms with van der Waals surface area (Å²) in [6.07, 6.45) is 1.75. The summed E-state index contributed by atoms with van der Waals surface area (Å²) in [5.41, 5.74) is -0.345. The average molecular weight is 583 g/mol. The molecule has 2 aliphatic carbocycles. The highest BCUT2D eigenvalue weighted by atomic mass is 19.4. The molecule has 0 aromatic heterocycles. The van der Waals surface area contributed by atoms with Crippen LogP contribution in [0.5, 0.6) is 11.5 Å². The third-order valence-electron chi connectivity index (χ3n) is 9.65. The van der Waals surface area contributed by atoms with Crippen LogP contribution in [0, 0.1) is 0 Å². The second-order valence-corrected chi connectivity index (χ2v) is 11.7. The molecule has 6 rings (SSSR count). The highest BCUT2D eigenvalue weighted by Crippen LogP contribution is 2.66. The zero-order valence-electron chi connectivity index (χ0n) is 23.5. The Morgan fingerprint density at radius 2 is 1.95 bits per heavy atom. The summed E-state index contributed by atoms with van der Waals surface area (Å²) in [6, 6.07) is 7.70. The number of alkyl halides is 3. The second-order valence-electron chi connectivity index (χ2n) is 11.7. The Bertz CT molecular complexity index is 1470. The number of esters is 1. The fourth-order valence-corrected chi connectivity index (χ4v) is 7.84. The van der Waals surface area contributed by atoms with E-state index in [9.17, 15) is 27.9 Å². The number of carbonyl (C=O) groups excluding carboxylic acids is 2. The van der Waals surface area contributed by atoms with E-state index >= 15 is 0 Å². The van der Waals surface area contributed by atoms with Crippen molar-refractivity contribution in [2.24, 2.45) is 0 Å². The zero-order chi connectivity index (χ0) is 30.0. The van der Waals surface area contributed by atoms with E-state index in [0.717, 1.165) is 23.3 Å². The third-order valence-corrected chi connectivity index (χ3v) is 9.65. The summed E-state index contributed by atoms with van der Waals surface area (Å²) in [5, 5.41) is 12.6. The molecule has 2 aromatic carbocycles. The number of piperidine rings is 1. The van der Waals surface area contributed by atoms with Crippen LogP contribution in [0.15, 0.2) is 55.1 Å². The van der Waals surface area contributed by atoms with Gasteiger partial charge in [0.15, 0.2) is 11.5 Å². The maximum absolute atomic E-state index is 13.4. The van der Waals surface area contributed by atoms with Gasteiger partial charge in [0, 0.05) is 38.2 Å². The van der Waals surface area contributed by atoms with E-state index in [1.807, 2.05) is 12.1 Å². The van der Waals surface area contributed by atoms with E-state index in [1.54, 1.807) is 18.0 Å². The maximum atomic E-state index is 13.4. The van der Waals surface area contributed by atoms with Crippen molar-refractivity contribution >= 4 is 18.0 Å². The minimum absolute atomic E-state index is 0.171. The van der Waals surface area contributed by atoms with Gasteiger partial charge in [-0.2, -0.15) is 13.2 Å². The number of carbonyl (C=O) groups is 2. The number of aliphatic hydroxyl groups is 1. The third kappa shape index (κ3) is 4.18. The predicted octanol–water partition coefficient (Wildman–Crippen LogP) is 4.51. The van der Waals surface area contributed by atoms with Gasteiger partial charge in [0.1, 0.15) is 6.10 Å². The molecule has 1 saturated heterocycles. The molecule has 5 atom stereocenters. The van der Waals surface area contributed by atoms with Crippen LogP contribution >= 0.6 is 0 Å². The smallest absolute Gasteiger partial charge is 0.416 e. The molecular weight excluding hydrogens is 549 g/mol. The number of hydrogen-bond acceptors (Lipinski definition) is 6. The van der Waals surface area contributed by atoms with Crippen LogP contribution in [0.1, 0.15) is 48.4 Å². The highest BCUT2D eigenvalue weighted by molar-refractivity contribution is 5.92. The summed E-state index contributed by atoms with van der Waals surface area (Å²) in [6.45, 7) is 6.57. The molecule has 1 saturated carbocycles. The molecule has 2 heterocycles. The lowest BCUT2D eigenvalue weighted by molar-refractivity contribution is -0.198. The molecular formula is C32H33F3N2O5. The molecule has 10 heteroatoms. The number of benzene rings is 2. The Morgan fingerprint density at radius 3 is 2.62 bits per heavy atom. The molecule has 222 valence electrons. The van der Waals surface area contributed by atoms with E-state index in [0.29, 0.717) is 55.8 Å². The van der Waals surface area contributed by atoms with E-state index in [4.69, 9.17) is 9.47 Å². The van der Waals surface area contributed by atoms with Crippen LogP contribution in [0.25, 0.3) is 6.08 Å². The quantitative estimate of drug-likeness (QED) is 0.234. The zero-order valence-corrected chi connectivity index (χ0v) is 23.5. The van der Waals surface area contributed by atoms with Gasteiger partial charge in [-0.05, 0) is 67.6 Å². The SMILES string of the molecule is C=CCN1CC[C@]23c4c5ccc(OC(C)=O)c4O[C@H]2[C@@H](N(C)C(=O)C=Cc2ccc(C(F)(F)F)cc2)CC[C@@]3(O)[C@H]1C5. The van der Waals surface area contributed by atoms with Crippen LogP contribution in [0.4, 0.5) is 13.2 Å². The Labute approximate surface area is 242 Å². The lowest BCUT2D eigenvalue weighted by atomic mass is 9.48. The van der Waals surface area contributed by atoms with E-state index in [-0.39, 0.29) is 11.9 Å². The summed E-state index contributed by atoms with van der Waals surface area (Å²) < 4.78 is 51.0. The molecule has 0 radical (unpaired) electrons. The van der Waals surface area contributed by atoms with Gasteiger partial charge in [0.25, 0.3) is 0 Å². The lowest BCUT2D eigenvalue weighted by Crippen LogP contribution is -2.78. The Kier molecular flexibility index (Phi) is 6.77. The standard InChI is InChI=1S/C32H33F3N2O5/c1-4-16-37-17-15-30-27-21-8-11-24(41-19(2)38)28(27)42-29(30)23(13-14-31(30,40)25(37)18-21)36(3)26(39)12-7-20-5-9-22(10-6-20)32(33,34)35/h4-12,23,25,29,40H,1,13-18H2,2-3H3/t23-,25+,29-,30-,31+/m0/s1. The van der Waals surface area contributed by atoms with Crippen molar-refractivity contribution in [1.29, 1.82) is 0 Å². The van der Waals surface area contributed by atoms with Gasteiger partial charge in [-0.25, -0.2) is 0 Å². The minimum Gasteiger partial charge on any atom is -0.483 e. The molecule has 1 amide bonds. The van der Waals surface area contributed by atoms with Crippen molar-refractivity contribution < 1.29 is 37.3 Å². The summed E-state index contributed by atoms with van der Waals surface area (Å²) >= 11 is 0. The van der Waals surface area contributed by atoms with Crippen LogP contribution in [0.2, 0.25) is 0 Å². The van der Waals surface area contributed by atoms with Gasteiger partial charge in [-0.15, -0.1) is 6.58 Å². The number of hydrogen-bond donors (Lipinski definition) is 1. The summed E-state index contributed by atoms with van der Waals surface area (Å²) in [5.74, 6) is -0.0635. The molecule has 2 fully saturated rings. The molecule has 2 aliphatic heterocycles. The number of rotatable bonds is 6. The Balaban J connectivity index is 1.35. The normalized spacial score (nSPS) is 29.5. The monoisotopic (exact) mass is 582 g/mol. The molecule has 7 nitrogen and oxygen atoms in total. The van der Waals surface area contributed by atoms with Gasteiger partial charge >= 0.3 is 12.1 Å². The number of nitrogens with zero attached hydrogens (tertiary/aromatic N) is 2. The van der Waals surface area contributed by atoms with Gasteiger partial charge in [0.2, 0.25) is 5.91 Å². The number of likely N-dealkylation sites (N-methyl/N-ethyl adjacent to an activating group) is 1. The van der Waals surface area contributed by atoms with Crippen molar-refractivity contribution in [2.45, 2.75) is 68.0 Å². The van der Waals surface area contributed by atoms with E-state index in [2.05, 4.69) is 11.5 Å². The van der Waals surface area contributed by atoms with Crippen molar-refractivity contribution in [3.05, 3.63) is 77.4 Å². The average Bonchev–Trinajstić information content (AvgIpc) is 3.29. The first kappa shape index (κ1) is 28.5. The Morgan fingerprint density at radius 1 is 1.21 bits per heavy atom. The first-order valence-corrected chi connectivity index (χ1v) is 14.1. The Hall–Kier alpha value is -3.63. The van der Waals surface area contributed by atoms with Gasteiger partial charge < -0.3 is 19.5 Å². The first-order chi connectivity index (χ1) is 19.9. The lowest BCUT2D eigenvalue weighted by Gasteiger charge is -2.64. The number of likely N-dealkylation sites (tertiary alicyclic amines) is 1. The van der Waals surface area contributed by atoms with Gasteiger partial charge in [-0.3, -0.25) is 14.5 Å². The van der Waals surface area contributed by atoms with Crippen molar-refractivity contribution in [1.82, 2.24) is 9.80 Å². The van der Waals surface area contributed by atoms with Crippen molar-refractivity contribution in [3.63, 3.8) is 0 Å². The predicted molar refractivity (Wildman–Crippen MR) is 149 cm³/mol. The van der Waals surface area contributed by atoms with E-state index < -0.39 is 40.9 Å². The van der Waals surface area contributed by atoms with Crippen LogP contribution in [-0.2, 0) is 27.6 Å². The van der Waals surface area contributed by atoms with Crippen molar-refractivity contribution in [2.75, 3.05) is 20.1 Å². The van der Waals surface area contributed by atoms with Gasteiger partial charge in [-0.1, -0.05) is 24.3 Å². The maximum Gasteiger partial charge on any atom is 0.416 e. The molecule has 4 aliphatic rings. The number of ether oxygens (including phenoxy) is 2. The molecule has 0 unspecified atom stereocenters. The second kappa shape index (κ2) is 9.98. The molecule has 1 N–H and O–H groups in total. The first-order valence-electron chi connectivity index (χ1n) is 14.1. The largest absolute Gasteiger partial charge is 0.483 e.